The van der Waals surface area contributed by atoms with Gasteiger partial charge >= 0.3 is 0 Å². The van der Waals surface area contributed by atoms with Gasteiger partial charge in [-0.15, -0.1) is 11.3 Å². The molecule has 3 nitrogen and oxygen atoms in total. The van der Waals surface area contributed by atoms with Crippen molar-refractivity contribution in [3.63, 3.8) is 0 Å². The molecule has 16 heavy (non-hydrogen) atoms. The normalized spacial score (nSPS) is 10.7. The van der Waals surface area contributed by atoms with Gasteiger partial charge in [0, 0.05) is 9.85 Å². The molecule has 0 saturated carbocycles. The number of aryl methyl sites for hydroxylation is 1. The molecule has 0 aliphatic carbocycles. The maximum Gasteiger partial charge on any atom is 0.171 e. The lowest BCUT2D eigenvalue weighted by Crippen LogP contribution is -2.03. The first-order valence-corrected chi connectivity index (χ1v) is 7.43. The molecule has 2 heterocycles. The number of nitrogen functional groups attached to an aromatic ring is 1. The SMILES string of the molecule is CCc1nc(-c2cc(Br)cs2)nc(N)c1I. The lowest BCUT2D eigenvalue weighted by atomic mass is 10.3. The molecule has 0 saturated heterocycles. The van der Waals surface area contributed by atoms with E-state index in [9.17, 15) is 0 Å². The van der Waals surface area contributed by atoms with E-state index < -0.39 is 0 Å². The minimum Gasteiger partial charge on any atom is -0.383 e. The molecule has 0 bridgehead atoms. The molecule has 0 spiro atoms. The molecule has 0 amide bonds. The molecule has 6 heteroatoms. The number of aromatic nitrogens is 2. The van der Waals surface area contributed by atoms with Gasteiger partial charge in [0.1, 0.15) is 5.82 Å². The summed E-state index contributed by atoms with van der Waals surface area (Å²) in [6.07, 6.45) is 0.866. The van der Waals surface area contributed by atoms with Gasteiger partial charge in [-0.25, -0.2) is 9.97 Å². The fraction of sp³-hybridized carbons (Fsp3) is 0.200. The Hall–Kier alpha value is -0.210. The Morgan fingerprint density at radius 1 is 1.50 bits per heavy atom. The van der Waals surface area contributed by atoms with Crippen LogP contribution in [0, 0.1) is 3.57 Å². The molecule has 2 aromatic heterocycles. The Balaban J connectivity index is 2.54. The van der Waals surface area contributed by atoms with E-state index in [1.165, 1.54) is 0 Å². The van der Waals surface area contributed by atoms with Gasteiger partial charge in [0.25, 0.3) is 0 Å². The summed E-state index contributed by atoms with van der Waals surface area (Å²) in [5.41, 5.74) is 6.88. The first-order chi connectivity index (χ1) is 7.61. The molecule has 0 radical (unpaired) electrons. The fourth-order valence-electron chi connectivity index (χ4n) is 1.29. The summed E-state index contributed by atoms with van der Waals surface area (Å²) in [4.78, 5) is 9.87. The zero-order valence-electron chi connectivity index (χ0n) is 8.50. The van der Waals surface area contributed by atoms with Gasteiger partial charge in [-0.2, -0.15) is 0 Å². The summed E-state index contributed by atoms with van der Waals surface area (Å²) < 4.78 is 2.01. The Kier molecular flexibility index (Phi) is 3.81. The number of hydrogen-bond acceptors (Lipinski definition) is 4. The predicted octanol–water partition coefficient (Wildman–Crippen LogP) is 3.72. The molecule has 0 aliphatic heterocycles. The van der Waals surface area contributed by atoms with E-state index in [1.54, 1.807) is 11.3 Å². The quantitative estimate of drug-likeness (QED) is 0.769. The highest BCUT2D eigenvalue weighted by Crippen LogP contribution is 2.29. The van der Waals surface area contributed by atoms with Crippen molar-refractivity contribution in [3.8, 4) is 10.7 Å². The summed E-state index contributed by atoms with van der Waals surface area (Å²) >= 11 is 7.22. The van der Waals surface area contributed by atoms with Crippen LogP contribution in [0.2, 0.25) is 0 Å². The molecule has 0 fully saturated rings. The summed E-state index contributed by atoms with van der Waals surface area (Å²) in [7, 11) is 0. The van der Waals surface area contributed by atoms with Crippen molar-refractivity contribution in [2.24, 2.45) is 0 Å². The smallest absolute Gasteiger partial charge is 0.171 e. The van der Waals surface area contributed by atoms with Crippen LogP contribution in [-0.2, 0) is 6.42 Å². The first-order valence-electron chi connectivity index (χ1n) is 4.68. The van der Waals surface area contributed by atoms with Crippen LogP contribution in [0.3, 0.4) is 0 Å². The lowest BCUT2D eigenvalue weighted by Gasteiger charge is -2.05. The third-order valence-corrected chi connectivity index (χ3v) is 4.93. The number of nitrogens with two attached hydrogens (primary N) is 1. The molecule has 2 rings (SSSR count). The molecule has 84 valence electrons. The lowest BCUT2D eigenvalue weighted by molar-refractivity contribution is 0.996. The number of rotatable bonds is 2. The van der Waals surface area contributed by atoms with Crippen LogP contribution >= 0.6 is 49.9 Å². The Morgan fingerprint density at radius 3 is 2.81 bits per heavy atom. The van der Waals surface area contributed by atoms with Gasteiger partial charge in [-0.3, -0.25) is 0 Å². The van der Waals surface area contributed by atoms with Crippen LogP contribution in [0.25, 0.3) is 10.7 Å². The van der Waals surface area contributed by atoms with Crippen LogP contribution in [0.4, 0.5) is 5.82 Å². The molecular formula is C10H9BrIN3S. The van der Waals surface area contributed by atoms with Crippen LogP contribution in [0.5, 0.6) is 0 Å². The van der Waals surface area contributed by atoms with Crippen molar-refractivity contribution >= 4 is 55.7 Å². The van der Waals surface area contributed by atoms with Crippen LogP contribution in [0.15, 0.2) is 15.9 Å². The Morgan fingerprint density at radius 2 is 2.25 bits per heavy atom. The van der Waals surface area contributed by atoms with Crippen molar-refractivity contribution in [3.05, 3.63) is 25.2 Å². The molecule has 0 aromatic carbocycles. The van der Waals surface area contributed by atoms with Crippen molar-refractivity contribution in [1.82, 2.24) is 9.97 Å². The maximum absolute atomic E-state index is 5.88. The largest absolute Gasteiger partial charge is 0.383 e. The topological polar surface area (TPSA) is 51.8 Å². The molecule has 0 unspecified atom stereocenters. The van der Waals surface area contributed by atoms with E-state index in [0.717, 1.165) is 25.0 Å². The van der Waals surface area contributed by atoms with Crippen LogP contribution < -0.4 is 5.73 Å². The van der Waals surface area contributed by atoms with Gasteiger partial charge in [0.05, 0.1) is 14.1 Å². The van der Waals surface area contributed by atoms with Gasteiger partial charge < -0.3 is 5.73 Å². The third kappa shape index (κ3) is 2.38. The monoisotopic (exact) mass is 409 g/mol. The number of thiophene rings is 1. The molecule has 0 aliphatic rings. The van der Waals surface area contributed by atoms with Crippen LogP contribution in [-0.4, -0.2) is 9.97 Å². The standard InChI is InChI=1S/C10H9BrIN3S/c1-2-6-8(12)9(13)15-10(14-6)7-3-5(11)4-16-7/h3-4H,2H2,1H3,(H2,13,14,15). The highest BCUT2D eigenvalue weighted by molar-refractivity contribution is 14.1. The number of halogens is 2. The van der Waals surface area contributed by atoms with Crippen molar-refractivity contribution in [2.45, 2.75) is 13.3 Å². The highest BCUT2D eigenvalue weighted by atomic mass is 127. The second kappa shape index (κ2) is 4.97. The van der Waals surface area contributed by atoms with Gasteiger partial charge in [0.2, 0.25) is 0 Å². The summed E-state index contributed by atoms with van der Waals surface area (Å²) in [6.45, 7) is 2.07. The Bertz CT molecular complexity index is 527. The fourth-order valence-corrected chi connectivity index (χ4v) is 3.27. The van der Waals surface area contributed by atoms with E-state index in [1.807, 2.05) is 11.4 Å². The zero-order valence-corrected chi connectivity index (χ0v) is 13.1. The maximum atomic E-state index is 5.88. The second-order valence-electron chi connectivity index (χ2n) is 3.18. The Labute approximate surface area is 120 Å². The van der Waals surface area contributed by atoms with E-state index in [4.69, 9.17) is 5.73 Å². The minimum absolute atomic E-state index is 0.562. The van der Waals surface area contributed by atoms with E-state index in [2.05, 4.69) is 55.4 Å². The summed E-state index contributed by atoms with van der Waals surface area (Å²) in [6, 6.07) is 2.01. The minimum atomic E-state index is 0.562. The van der Waals surface area contributed by atoms with Crippen LogP contribution in [0.1, 0.15) is 12.6 Å². The van der Waals surface area contributed by atoms with E-state index in [0.29, 0.717) is 11.6 Å². The number of nitrogens with zero attached hydrogens (tertiary/aromatic N) is 2. The average molecular weight is 410 g/mol. The van der Waals surface area contributed by atoms with Gasteiger partial charge in [-0.05, 0) is 51.0 Å². The number of anilines is 1. The van der Waals surface area contributed by atoms with E-state index in [-0.39, 0.29) is 0 Å². The molecule has 0 atom stereocenters. The van der Waals surface area contributed by atoms with E-state index >= 15 is 0 Å². The first kappa shape index (κ1) is 12.3. The van der Waals surface area contributed by atoms with Crippen molar-refractivity contribution < 1.29 is 0 Å². The highest BCUT2D eigenvalue weighted by Gasteiger charge is 2.11. The summed E-state index contributed by atoms with van der Waals surface area (Å²) in [5.74, 6) is 1.28. The van der Waals surface area contributed by atoms with Gasteiger partial charge in [0.15, 0.2) is 5.82 Å². The average Bonchev–Trinajstić information content (AvgIpc) is 2.69. The van der Waals surface area contributed by atoms with Crippen molar-refractivity contribution in [1.29, 1.82) is 0 Å². The third-order valence-electron chi connectivity index (χ3n) is 2.07. The second-order valence-corrected chi connectivity index (χ2v) is 6.08. The van der Waals surface area contributed by atoms with Gasteiger partial charge in [-0.1, -0.05) is 6.92 Å². The predicted molar refractivity (Wildman–Crippen MR) is 79.6 cm³/mol. The molecule has 2 N–H and O–H groups in total. The number of hydrogen-bond donors (Lipinski definition) is 1. The molecule has 2 aromatic rings. The summed E-state index contributed by atoms with van der Waals surface area (Å²) in [5, 5.41) is 2.01. The van der Waals surface area contributed by atoms with Crippen molar-refractivity contribution in [2.75, 3.05) is 5.73 Å². The molecular weight excluding hydrogens is 401 g/mol. The zero-order chi connectivity index (χ0) is 11.7.